The number of nitrogens with one attached hydrogen (secondary N) is 1. The molecule has 58 heavy (non-hydrogen) atoms. The highest BCUT2D eigenvalue weighted by atomic mass is 16.5. The zero-order valence-corrected chi connectivity index (χ0v) is 38.2. The molecule has 0 radical (unpaired) electrons. The highest BCUT2D eigenvalue weighted by Gasteiger charge is 2.24. The van der Waals surface area contributed by atoms with E-state index in [0.717, 1.165) is 70.6 Å². The number of hydrogen-bond donors (Lipinski definition) is 3. The van der Waals surface area contributed by atoms with E-state index in [1.165, 1.54) is 109 Å². The molecule has 0 fully saturated rings. The van der Waals surface area contributed by atoms with Crippen LogP contribution in [-0.2, 0) is 14.3 Å². The molecule has 0 spiro atoms. The second-order valence-electron chi connectivity index (χ2n) is 16.5. The van der Waals surface area contributed by atoms with Crippen LogP contribution in [0.5, 0.6) is 0 Å². The van der Waals surface area contributed by atoms with Gasteiger partial charge in [-0.05, 0) is 77.0 Å². The molecular formula is C52H93NO5. The monoisotopic (exact) mass is 812 g/mol. The minimum atomic E-state index is -0.807. The Morgan fingerprint density at radius 3 is 1.43 bits per heavy atom. The number of esters is 1. The Balaban J connectivity index is 4.67. The SMILES string of the molecule is CC/C=C/C/C=C/C/C=C/CCCCC(CC(=O)NC(CO)C(O)CCCCCCCCCCCCCCCC)OC(=O)CC/C=C/C/C=C\CCCCCCCC. The van der Waals surface area contributed by atoms with Gasteiger partial charge in [-0.15, -0.1) is 0 Å². The quantitative estimate of drug-likeness (QED) is 0.0324. The molecule has 0 saturated carbocycles. The van der Waals surface area contributed by atoms with E-state index in [4.69, 9.17) is 4.74 Å². The molecule has 0 aliphatic rings. The normalized spacial score (nSPS) is 13.8. The Labute approximate surface area is 358 Å². The average molecular weight is 812 g/mol. The molecule has 3 N–H and O–H groups in total. The maximum atomic E-state index is 13.2. The molecule has 6 heteroatoms. The van der Waals surface area contributed by atoms with Gasteiger partial charge in [-0.25, -0.2) is 0 Å². The van der Waals surface area contributed by atoms with Crippen LogP contribution in [0.2, 0.25) is 0 Å². The van der Waals surface area contributed by atoms with Crippen molar-refractivity contribution >= 4 is 11.9 Å². The Hall–Kier alpha value is -2.44. The van der Waals surface area contributed by atoms with Crippen molar-refractivity contribution in [2.24, 2.45) is 0 Å². The van der Waals surface area contributed by atoms with Gasteiger partial charge in [0.1, 0.15) is 6.10 Å². The molecular weight excluding hydrogens is 719 g/mol. The molecule has 3 unspecified atom stereocenters. The predicted molar refractivity (Wildman–Crippen MR) is 250 cm³/mol. The van der Waals surface area contributed by atoms with E-state index >= 15 is 0 Å². The maximum Gasteiger partial charge on any atom is 0.306 e. The zero-order chi connectivity index (χ0) is 42.4. The molecule has 0 aliphatic heterocycles. The van der Waals surface area contributed by atoms with Gasteiger partial charge in [0, 0.05) is 6.42 Å². The fraction of sp³-hybridized carbons (Fsp3) is 0.769. The largest absolute Gasteiger partial charge is 0.462 e. The fourth-order valence-electron chi connectivity index (χ4n) is 7.14. The van der Waals surface area contributed by atoms with Crippen LogP contribution >= 0.6 is 0 Å². The number of carbonyl (C=O) groups excluding carboxylic acids is 2. The van der Waals surface area contributed by atoms with Crippen LogP contribution in [0.15, 0.2) is 60.8 Å². The lowest BCUT2D eigenvalue weighted by molar-refractivity contribution is -0.150. The molecule has 0 saturated heterocycles. The van der Waals surface area contributed by atoms with E-state index in [-0.39, 0.29) is 31.3 Å². The third-order valence-corrected chi connectivity index (χ3v) is 10.8. The van der Waals surface area contributed by atoms with E-state index in [9.17, 15) is 19.8 Å². The molecule has 1 amide bonds. The van der Waals surface area contributed by atoms with Crippen molar-refractivity contribution in [3.8, 4) is 0 Å². The van der Waals surface area contributed by atoms with Crippen LogP contribution in [0.1, 0.15) is 233 Å². The van der Waals surface area contributed by atoms with Crippen LogP contribution in [0, 0.1) is 0 Å². The molecule has 0 aromatic carbocycles. The second kappa shape index (κ2) is 45.6. The Morgan fingerprint density at radius 1 is 0.517 bits per heavy atom. The minimum Gasteiger partial charge on any atom is -0.462 e. The highest BCUT2D eigenvalue weighted by Crippen LogP contribution is 2.16. The standard InChI is InChI=1S/C52H93NO5/c1-4-7-10-13-16-19-22-25-27-29-32-35-38-41-44-50(55)49(47-54)53-51(56)46-48(43-40-37-34-31-28-24-21-18-15-12-9-6-3)58-52(57)45-42-39-36-33-30-26-23-20-17-14-11-8-5-2/h9,12,18,21,26,28,30-31,36,39,48-50,54-55H,4-8,10-11,13-17,19-20,22-25,27,29,32-35,37-38,40-47H2,1-3H3,(H,53,56)/b12-9+,21-18+,30-26-,31-28+,39-36+. The molecule has 0 aromatic heterocycles. The first-order chi connectivity index (χ1) is 28.5. The van der Waals surface area contributed by atoms with E-state index < -0.39 is 18.2 Å². The summed E-state index contributed by atoms with van der Waals surface area (Å²) in [5.41, 5.74) is 0. The van der Waals surface area contributed by atoms with Crippen LogP contribution in [0.4, 0.5) is 0 Å². The summed E-state index contributed by atoms with van der Waals surface area (Å²) < 4.78 is 5.86. The maximum absolute atomic E-state index is 13.2. The van der Waals surface area contributed by atoms with Crippen LogP contribution in [0.25, 0.3) is 0 Å². The number of carbonyl (C=O) groups is 2. The first-order valence-electron chi connectivity index (χ1n) is 24.5. The molecule has 0 bridgehead atoms. The van der Waals surface area contributed by atoms with Crippen molar-refractivity contribution in [2.45, 2.75) is 251 Å². The van der Waals surface area contributed by atoms with Gasteiger partial charge in [0.25, 0.3) is 0 Å². The third-order valence-electron chi connectivity index (χ3n) is 10.8. The predicted octanol–water partition coefficient (Wildman–Crippen LogP) is 14.5. The number of aliphatic hydroxyl groups is 2. The van der Waals surface area contributed by atoms with E-state index in [1.807, 2.05) is 6.08 Å². The summed E-state index contributed by atoms with van der Waals surface area (Å²) in [4.78, 5) is 26.0. The number of amides is 1. The summed E-state index contributed by atoms with van der Waals surface area (Å²) >= 11 is 0. The van der Waals surface area contributed by atoms with E-state index in [2.05, 4.69) is 80.8 Å². The fourth-order valence-corrected chi connectivity index (χ4v) is 7.14. The van der Waals surface area contributed by atoms with Crippen molar-refractivity contribution in [3.05, 3.63) is 60.8 Å². The van der Waals surface area contributed by atoms with Gasteiger partial charge < -0.3 is 20.3 Å². The van der Waals surface area contributed by atoms with Crippen molar-refractivity contribution < 1.29 is 24.5 Å². The number of allylic oxidation sites excluding steroid dienone is 10. The lowest BCUT2D eigenvalue weighted by atomic mass is 10.0. The smallest absolute Gasteiger partial charge is 0.306 e. The van der Waals surface area contributed by atoms with Crippen LogP contribution < -0.4 is 5.32 Å². The Morgan fingerprint density at radius 2 is 0.931 bits per heavy atom. The molecule has 0 rings (SSSR count). The Bertz CT molecular complexity index is 1050. The molecule has 0 aromatic rings. The lowest BCUT2D eigenvalue weighted by Crippen LogP contribution is -2.46. The molecule has 336 valence electrons. The van der Waals surface area contributed by atoms with E-state index in [0.29, 0.717) is 19.3 Å². The van der Waals surface area contributed by atoms with Gasteiger partial charge in [0.2, 0.25) is 5.91 Å². The van der Waals surface area contributed by atoms with Crippen LogP contribution in [-0.4, -0.2) is 46.9 Å². The molecule has 3 atom stereocenters. The van der Waals surface area contributed by atoms with Crippen molar-refractivity contribution in [1.29, 1.82) is 0 Å². The Kier molecular flexibility index (Phi) is 43.7. The van der Waals surface area contributed by atoms with Crippen molar-refractivity contribution in [1.82, 2.24) is 5.32 Å². The summed E-state index contributed by atoms with van der Waals surface area (Å²) in [6, 6.07) is -0.724. The van der Waals surface area contributed by atoms with Crippen molar-refractivity contribution in [3.63, 3.8) is 0 Å². The summed E-state index contributed by atoms with van der Waals surface area (Å²) in [6.45, 7) is 6.33. The summed E-state index contributed by atoms with van der Waals surface area (Å²) in [5, 5.41) is 23.7. The van der Waals surface area contributed by atoms with E-state index in [1.54, 1.807) is 0 Å². The number of hydrogen-bond acceptors (Lipinski definition) is 5. The first kappa shape index (κ1) is 55.6. The first-order valence-corrected chi connectivity index (χ1v) is 24.5. The lowest BCUT2D eigenvalue weighted by Gasteiger charge is -2.24. The third kappa shape index (κ3) is 40.3. The van der Waals surface area contributed by atoms with Gasteiger partial charge in [0.05, 0.1) is 25.2 Å². The topological polar surface area (TPSA) is 95.9 Å². The average Bonchev–Trinajstić information content (AvgIpc) is 3.22. The highest BCUT2D eigenvalue weighted by molar-refractivity contribution is 5.77. The van der Waals surface area contributed by atoms with Gasteiger partial charge in [0.15, 0.2) is 0 Å². The number of unbranched alkanes of at least 4 members (excludes halogenated alkanes) is 21. The number of rotatable bonds is 43. The van der Waals surface area contributed by atoms with Crippen LogP contribution in [0.3, 0.4) is 0 Å². The molecule has 0 heterocycles. The van der Waals surface area contributed by atoms with Gasteiger partial charge in [-0.1, -0.05) is 204 Å². The van der Waals surface area contributed by atoms with Gasteiger partial charge in [-0.2, -0.15) is 0 Å². The molecule has 6 nitrogen and oxygen atoms in total. The van der Waals surface area contributed by atoms with Gasteiger partial charge in [-0.3, -0.25) is 9.59 Å². The zero-order valence-electron chi connectivity index (χ0n) is 38.2. The second-order valence-corrected chi connectivity index (χ2v) is 16.5. The minimum absolute atomic E-state index is 0.0279. The summed E-state index contributed by atoms with van der Waals surface area (Å²) in [7, 11) is 0. The summed E-state index contributed by atoms with van der Waals surface area (Å²) in [6.07, 6.45) is 55.8. The van der Waals surface area contributed by atoms with Crippen molar-refractivity contribution in [2.75, 3.05) is 6.61 Å². The number of ether oxygens (including phenoxy) is 1. The molecule has 0 aliphatic carbocycles. The number of aliphatic hydroxyl groups excluding tert-OH is 2. The van der Waals surface area contributed by atoms with Gasteiger partial charge >= 0.3 is 5.97 Å². The summed E-state index contributed by atoms with van der Waals surface area (Å²) in [5.74, 6) is -0.594.